The van der Waals surface area contributed by atoms with Crippen LogP contribution < -0.4 is 9.64 Å². The summed E-state index contributed by atoms with van der Waals surface area (Å²) in [6, 6.07) is 12.5. The van der Waals surface area contributed by atoms with Crippen LogP contribution in [0.1, 0.15) is 15.9 Å². The zero-order chi connectivity index (χ0) is 17.8. The van der Waals surface area contributed by atoms with Gasteiger partial charge in [0.2, 0.25) is 0 Å². The first-order chi connectivity index (χ1) is 12.1. The Morgan fingerprint density at radius 1 is 1.28 bits per heavy atom. The van der Waals surface area contributed by atoms with Crippen LogP contribution in [-0.2, 0) is 4.74 Å². The lowest BCUT2D eigenvalue weighted by Crippen LogP contribution is -2.23. The number of hydrogen-bond donors (Lipinski definition) is 0. The Morgan fingerprint density at radius 2 is 2.12 bits per heavy atom. The summed E-state index contributed by atoms with van der Waals surface area (Å²) in [4.78, 5) is 25.6. The molecule has 1 saturated heterocycles. The maximum atomic E-state index is 12.4. The quantitative estimate of drug-likeness (QED) is 0.553. The highest BCUT2D eigenvalue weighted by Crippen LogP contribution is 2.26. The fourth-order valence-electron chi connectivity index (χ4n) is 2.51. The first kappa shape index (κ1) is 17.2. The van der Waals surface area contributed by atoms with E-state index in [4.69, 9.17) is 9.47 Å². The van der Waals surface area contributed by atoms with Crippen LogP contribution in [0.3, 0.4) is 0 Å². The molecule has 0 saturated carbocycles. The van der Waals surface area contributed by atoms with E-state index in [1.165, 1.54) is 11.0 Å². The molecule has 3 rings (SSSR count). The zero-order valence-electron chi connectivity index (χ0n) is 13.6. The SMILES string of the molecule is COc1ccc(C=CC(=O)c2cccc(N3CCOC3=O)c2)cc1Br. The number of benzene rings is 2. The van der Waals surface area contributed by atoms with Gasteiger partial charge in [-0.2, -0.15) is 0 Å². The molecule has 0 bridgehead atoms. The van der Waals surface area contributed by atoms with Gasteiger partial charge in [-0.1, -0.05) is 24.3 Å². The van der Waals surface area contributed by atoms with Gasteiger partial charge in [-0.25, -0.2) is 4.79 Å². The van der Waals surface area contributed by atoms with Gasteiger partial charge in [-0.05, 0) is 51.8 Å². The summed E-state index contributed by atoms with van der Waals surface area (Å²) in [5.74, 6) is 0.593. The van der Waals surface area contributed by atoms with E-state index in [2.05, 4.69) is 15.9 Å². The second kappa shape index (κ2) is 7.53. The predicted octanol–water partition coefficient (Wildman–Crippen LogP) is 4.31. The van der Waals surface area contributed by atoms with Gasteiger partial charge in [-0.15, -0.1) is 0 Å². The minimum atomic E-state index is -0.386. The Bertz CT molecular complexity index is 847. The Balaban J connectivity index is 1.77. The zero-order valence-corrected chi connectivity index (χ0v) is 15.2. The summed E-state index contributed by atoms with van der Waals surface area (Å²) in [6.07, 6.45) is 2.86. The largest absolute Gasteiger partial charge is 0.496 e. The number of carbonyl (C=O) groups is 2. The number of allylic oxidation sites excluding steroid dienone is 1. The Labute approximate surface area is 154 Å². The molecule has 5 nitrogen and oxygen atoms in total. The van der Waals surface area contributed by atoms with Gasteiger partial charge in [0.05, 0.1) is 18.1 Å². The number of amides is 1. The van der Waals surface area contributed by atoms with Crippen molar-refractivity contribution < 1.29 is 19.1 Å². The van der Waals surface area contributed by atoms with Crippen LogP contribution in [0.4, 0.5) is 10.5 Å². The van der Waals surface area contributed by atoms with Crippen molar-refractivity contribution in [2.24, 2.45) is 0 Å². The third-order valence-electron chi connectivity index (χ3n) is 3.81. The molecule has 0 unspecified atom stereocenters. The summed E-state index contributed by atoms with van der Waals surface area (Å²) in [5.41, 5.74) is 2.05. The number of cyclic esters (lactones) is 1. The molecule has 1 aliphatic rings. The number of methoxy groups -OCH3 is 1. The number of ether oxygens (including phenoxy) is 2. The van der Waals surface area contributed by atoms with Crippen LogP contribution in [0.2, 0.25) is 0 Å². The molecular formula is C19H16BrNO4. The Hall–Kier alpha value is -2.60. The number of hydrogen-bond acceptors (Lipinski definition) is 4. The average Bonchev–Trinajstić information content (AvgIpc) is 3.06. The molecule has 1 fully saturated rings. The molecule has 0 aliphatic carbocycles. The summed E-state index contributed by atoms with van der Waals surface area (Å²) >= 11 is 3.42. The van der Waals surface area contributed by atoms with E-state index in [-0.39, 0.29) is 11.9 Å². The molecule has 128 valence electrons. The molecule has 6 heteroatoms. The summed E-state index contributed by atoms with van der Waals surface area (Å²) in [5, 5.41) is 0. The van der Waals surface area contributed by atoms with Crippen LogP contribution >= 0.6 is 15.9 Å². The van der Waals surface area contributed by atoms with Gasteiger partial charge in [-0.3, -0.25) is 9.69 Å². The number of halogens is 1. The predicted molar refractivity (Wildman–Crippen MR) is 99.2 cm³/mol. The van der Waals surface area contributed by atoms with Gasteiger partial charge >= 0.3 is 6.09 Å². The maximum absolute atomic E-state index is 12.4. The van der Waals surface area contributed by atoms with Crippen molar-refractivity contribution in [3.8, 4) is 5.75 Å². The number of ketones is 1. The average molecular weight is 402 g/mol. The van der Waals surface area contributed by atoms with Crippen LogP contribution in [0.5, 0.6) is 5.75 Å². The van der Waals surface area contributed by atoms with Gasteiger partial charge in [0, 0.05) is 11.3 Å². The molecule has 0 atom stereocenters. The molecule has 1 heterocycles. The van der Waals surface area contributed by atoms with Gasteiger partial charge in [0.25, 0.3) is 0 Å². The van der Waals surface area contributed by atoms with Gasteiger partial charge in [0.1, 0.15) is 12.4 Å². The molecule has 0 aromatic heterocycles. The van der Waals surface area contributed by atoms with E-state index in [9.17, 15) is 9.59 Å². The smallest absolute Gasteiger partial charge is 0.414 e. The number of anilines is 1. The normalized spacial score (nSPS) is 14.0. The van der Waals surface area contributed by atoms with Crippen molar-refractivity contribution in [2.45, 2.75) is 0 Å². The maximum Gasteiger partial charge on any atom is 0.414 e. The van der Waals surface area contributed by atoms with Crippen molar-refractivity contribution in [3.05, 3.63) is 64.1 Å². The van der Waals surface area contributed by atoms with Crippen molar-refractivity contribution in [3.63, 3.8) is 0 Å². The number of carbonyl (C=O) groups excluding carboxylic acids is 2. The second-order valence-electron chi connectivity index (χ2n) is 5.41. The highest BCUT2D eigenvalue weighted by molar-refractivity contribution is 9.10. The fraction of sp³-hybridized carbons (Fsp3) is 0.158. The lowest BCUT2D eigenvalue weighted by Gasteiger charge is -2.13. The standard InChI is InChI=1S/C19H16BrNO4/c1-24-18-8-6-13(11-16(18)20)5-7-17(22)14-3-2-4-15(12-14)21-9-10-25-19(21)23/h2-8,11-12H,9-10H2,1H3. The lowest BCUT2D eigenvalue weighted by molar-refractivity contribution is 0.104. The van der Waals surface area contributed by atoms with E-state index >= 15 is 0 Å². The van der Waals surface area contributed by atoms with E-state index in [0.29, 0.717) is 24.4 Å². The van der Waals surface area contributed by atoms with Gasteiger partial charge < -0.3 is 9.47 Å². The summed E-state index contributed by atoms with van der Waals surface area (Å²) in [7, 11) is 1.60. The van der Waals surface area contributed by atoms with E-state index < -0.39 is 0 Å². The van der Waals surface area contributed by atoms with Crippen LogP contribution in [0.15, 0.2) is 53.0 Å². The van der Waals surface area contributed by atoms with Crippen molar-refractivity contribution in [1.29, 1.82) is 0 Å². The molecule has 2 aromatic carbocycles. The number of rotatable bonds is 5. The number of nitrogens with zero attached hydrogens (tertiary/aromatic N) is 1. The molecular weight excluding hydrogens is 386 g/mol. The third-order valence-corrected chi connectivity index (χ3v) is 4.43. The first-order valence-corrected chi connectivity index (χ1v) is 8.48. The Kier molecular flexibility index (Phi) is 5.19. The molecule has 0 spiro atoms. The van der Waals surface area contributed by atoms with Crippen molar-refractivity contribution in [2.75, 3.05) is 25.2 Å². The minimum absolute atomic E-state index is 0.138. The molecule has 0 radical (unpaired) electrons. The fourth-order valence-corrected chi connectivity index (χ4v) is 3.07. The first-order valence-electron chi connectivity index (χ1n) is 7.69. The third kappa shape index (κ3) is 3.91. The van der Waals surface area contributed by atoms with Crippen LogP contribution in [0, 0.1) is 0 Å². The Morgan fingerprint density at radius 3 is 2.80 bits per heavy atom. The van der Waals surface area contributed by atoms with Crippen molar-refractivity contribution in [1.82, 2.24) is 0 Å². The molecule has 1 amide bonds. The van der Waals surface area contributed by atoms with E-state index in [0.717, 1.165) is 15.8 Å². The molecule has 2 aromatic rings. The monoisotopic (exact) mass is 401 g/mol. The van der Waals surface area contributed by atoms with Crippen LogP contribution in [-0.4, -0.2) is 32.1 Å². The molecule has 0 N–H and O–H groups in total. The summed E-state index contributed by atoms with van der Waals surface area (Å²) < 4.78 is 10.9. The van der Waals surface area contributed by atoms with E-state index in [1.54, 1.807) is 37.5 Å². The highest BCUT2D eigenvalue weighted by Gasteiger charge is 2.23. The van der Waals surface area contributed by atoms with Gasteiger partial charge in [0.15, 0.2) is 5.78 Å². The summed E-state index contributed by atoms with van der Waals surface area (Å²) in [6.45, 7) is 0.857. The minimum Gasteiger partial charge on any atom is -0.496 e. The lowest BCUT2D eigenvalue weighted by atomic mass is 10.1. The highest BCUT2D eigenvalue weighted by atomic mass is 79.9. The van der Waals surface area contributed by atoms with Crippen molar-refractivity contribution >= 4 is 39.6 Å². The van der Waals surface area contributed by atoms with E-state index in [1.807, 2.05) is 18.2 Å². The topological polar surface area (TPSA) is 55.8 Å². The molecule has 1 aliphatic heterocycles. The molecule has 25 heavy (non-hydrogen) atoms. The second-order valence-corrected chi connectivity index (χ2v) is 6.26. The van der Waals surface area contributed by atoms with Crippen LogP contribution in [0.25, 0.3) is 6.08 Å².